The molecule has 1 rings (SSSR count). The van der Waals surface area contributed by atoms with Gasteiger partial charge in [-0.3, -0.25) is 0 Å². The molecule has 14 heavy (non-hydrogen) atoms. The molecule has 0 aliphatic carbocycles. The predicted molar refractivity (Wildman–Crippen MR) is 59.1 cm³/mol. The fourth-order valence-electron chi connectivity index (χ4n) is 1.89. The molecule has 0 aromatic carbocycles. The lowest BCUT2D eigenvalue weighted by atomic mass is 9.95. The predicted octanol–water partition coefficient (Wildman–Crippen LogP) is 1.65. The maximum atomic E-state index is 5.46. The molecule has 1 fully saturated rings. The highest BCUT2D eigenvalue weighted by molar-refractivity contribution is 4.77. The highest BCUT2D eigenvalue weighted by atomic mass is 16.7. The molecule has 0 spiro atoms. The Balaban J connectivity index is 2.43. The SMILES string of the molecule is CON(CC(C)(C)C)C1CCCNC1. The first-order chi connectivity index (χ1) is 6.53. The first-order valence-electron chi connectivity index (χ1n) is 5.54. The van der Waals surface area contributed by atoms with E-state index >= 15 is 0 Å². The second-order valence-corrected chi connectivity index (χ2v) is 5.32. The summed E-state index contributed by atoms with van der Waals surface area (Å²) in [6.07, 6.45) is 2.51. The van der Waals surface area contributed by atoms with Gasteiger partial charge in [-0.05, 0) is 24.8 Å². The zero-order valence-electron chi connectivity index (χ0n) is 9.97. The van der Waals surface area contributed by atoms with E-state index in [0.29, 0.717) is 11.5 Å². The van der Waals surface area contributed by atoms with Gasteiger partial charge < -0.3 is 10.2 Å². The Morgan fingerprint density at radius 1 is 1.43 bits per heavy atom. The minimum Gasteiger partial charge on any atom is -0.315 e. The number of hydrogen-bond acceptors (Lipinski definition) is 3. The molecule has 3 nitrogen and oxygen atoms in total. The highest BCUT2D eigenvalue weighted by Gasteiger charge is 2.25. The summed E-state index contributed by atoms with van der Waals surface area (Å²) in [5.41, 5.74) is 0.299. The largest absolute Gasteiger partial charge is 0.315 e. The molecule has 1 saturated heterocycles. The van der Waals surface area contributed by atoms with E-state index in [2.05, 4.69) is 31.2 Å². The second kappa shape index (κ2) is 5.10. The Hall–Kier alpha value is -0.120. The molecule has 3 heteroatoms. The number of hydroxylamine groups is 2. The van der Waals surface area contributed by atoms with Gasteiger partial charge in [-0.2, -0.15) is 5.06 Å². The maximum absolute atomic E-state index is 5.46. The summed E-state index contributed by atoms with van der Waals surface area (Å²) in [6, 6.07) is 0.549. The summed E-state index contributed by atoms with van der Waals surface area (Å²) in [5, 5.41) is 5.54. The lowest BCUT2D eigenvalue weighted by Crippen LogP contribution is -2.48. The molecule has 0 radical (unpaired) electrons. The molecule has 0 aromatic heterocycles. The number of piperidine rings is 1. The van der Waals surface area contributed by atoms with Gasteiger partial charge in [0.05, 0.1) is 7.11 Å². The van der Waals surface area contributed by atoms with Gasteiger partial charge in [0.2, 0.25) is 0 Å². The van der Waals surface area contributed by atoms with Crippen molar-refractivity contribution in [2.45, 2.75) is 39.7 Å². The van der Waals surface area contributed by atoms with Gasteiger partial charge in [0, 0.05) is 19.1 Å². The molecular weight excluding hydrogens is 176 g/mol. The Bertz CT molecular complexity index is 159. The Labute approximate surface area is 87.8 Å². The highest BCUT2D eigenvalue weighted by Crippen LogP contribution is 2.19. The lowest BCUT2D eigenvalue weighted by Gasteiger charge is -2.36. The van der Waals surface area contributed by atoms with Crippen molar-refractivity contribution in [3.63, 3.8) is 0 Å². The molecule has 0 saturated carbocycles. The molecule has 1 aliphatic rings. The van der Waals surface area contributed by atoms with Crippen LogP contribution in [-0.4, -0.2) is 37.8 Å². The van der Waals surface area contributed by atoms with Crippen LogP contribution in [0.5, 0.6) is 0 Å². The summed E-state index contributed by atoms with van der Waals surface area (Å²) in [4.78, 5) is 5.46. The number of hydrogen-bond donors (Lipinski definition) is 1. The maximum Gasteiger partial charge on any atom is 0.0575 e. The van der Waals surface area contributed by atoms with Gasteiger partial charge in [-0.15, -0.1) is 0 Å². The molecule has 1 aliphatic heterocycles. The van der Waals surface area contributed by atoms with Crippen molar-refractivity contribution < 1.29 is 4.84 Å². The van der Waals surface area contributed by atoms with Gasteiger partial charge in [0.1, 0.15) is 0 Å². The van der Waals surface area contributed by atoms with Crippen LogP contribution in [0.2, 0.25) is 0 Å². The van der Waals surface area contributed by atoms with Gasteiger partial charge in [-0.1, -0.05) is 20.8 Å². The van der Waals surface area contributed by atoms with Crippen molar-refractivity contribution >= 4 is 0 Å². The van der Waals surface area contributed by atoms with Crippen LogP contribution < -0.4 is 5.32 Å². The Morgan fingerprint density at radius 2 is 2.14 bits per heavy atom. The van der Waals surface area contributed by atoms with Crippen LogP contribution in [0.1, 0.15) is 33.6 Å². The Morgan fingerprint density at radius 3 is 2.57 bits per heavy atom. The van der Waals surface area contributed by atoms with Gasteiger partial charge in [0.15, 0.2) is 0 Å². The third-order valence-electron chi connectivity index (χ3n) is 2.54. The van der Waals surface area contributed by atoms with Crippen LogP contribution >= 0.6 is 0 Å². The van der Waals surface area contributed by atoms with Crippen molar-refractivity contribution in [1.82, 2.24) is 10.4 Å². The first kappa shape index (κ1) is 12.0. The molecule has 1 atom stereocenters. The lowest BCUT2D eigenvalue weighted by molar-refractivity contribution is -0.179. The van der Waals surface area contributed by atoms with Crippen molar-refractivity contribution in [2.24, 2.45) is 5.41 Å². The fourth-order valence-corrected chi connectivity index (χ4v) is 1.89. The third kappa shape index (κ3) is 3.95. The van der Waals surface area contributed by atoms with E-state index in [4.69, 9.17) is 4.84 Å². The topological polar surface area (TPSA) is 24.5 Å². The monoisotopic (exact) mass is 200 g/mol. The van der Waals surface area contributed by atoms with Crippen LogP contribution in [0.25, 0.3) is 0 Å². The van der Waals surface area contributed by atoms with Gasteiger partial charge in [-0.25, -0.2) is 0 Å². The number of nitrogens with zero attached hydrogens (tertiary/aromatic N) is 1. The molecule has 84 valence electrons. The van der Waals surface area contributed by atoms with Crippen LogP contribution in [0.4, 0.5) is 0 Å². The normalized spacial score (nSPS) is 24.2. The molecule has 0 amide bonds. The zero-order valence-corrected chi connectivity index (χ0v) is 9.97. The van der Waals surface area contributed by atoms with E-state index in [0.717, 1.165) is 19.6 Å². The molecule has 1 heterocycles. The second-order valence-electron chi connectivity index (χ2n) is 5.32. The fraction of sp³-hybridized carbons (Fsp3) is 1.00. The van der Waals surface area contributed by atoms with Crippen molar-refractivity contribution in [1.29, 1.82) is 0 Å². The minimum atomic E-state index is 0.299. The first-order valence-corrected chi connectivity index (χ1v) is 5.54. The molecule has 0 bridgehead atoms. The molecule has 0 aromatic rings. The van der Waals surface area contributed by atoms with E-state index < -0.39 is 0 Å². The van der Waals surface area contributed by atoms with Crippen LogP contribution in [0, 0.1) is 5.41 Å². The Kier molecular flexibility index (Phi) is 4.35. The van der Waals surface area contributed by atoms with E-state index in [-0.39, 0.29) is 0 Å². The zero-order chi connectivity index (χ0) is 10.6. The summed E-state index contributed by atoms with van der Waals surface area (Å²) in [7, 11) is 1.78. The smallest absolute Gasteiger partial charge is 0.0575 e. The standard InChI is InChI=1S/C11H24N2O/c1-11(2,3)9-13(14-4)10-6-5-7-12-8-10/h10,12H,5-9H2,1-4H3. The summed E-state index contributed by atoms with van der Waals surface area (Å²) in [5.74, 6) is 0. The van der Waals surface area contributed by atoms with Crippen LogP contribution in [0.15, 0.2) is 0 Å². The van der Waals surface area contributed by atoms with Crippen molar-refractivity contribution in [2.75, 3.05) is 26.7 Å². The van der Waals surface area contributed by atoms with Gasteiger partial charge in [0.25, 0.3) is 0 Å². The molecule has 1 N–H and O–H groups in total. The average molecular weight is 200 g/mol. The third-order valence-corrected chi connectivity index (χ3v) is 2.54. The summed E-state index contributed by atoms with van der Waals surface area (Å²) >= 11 is 0. The van der Waals surface area contributed by atoms with Gasteiger partial charge >= 0.3 is 0 Å². The molecular formula is C11H24N2O. The van der Waals surface area contributed by atoms with Crippen molar-refractivity contribution in [3.8, 4) is 0 Å². The van der Waals surface area contributed by atoms with E-state index in [1.54, 1.807) is 7.11 Å². The molecule has 1 unspecified atom stereocenters. The number of nitrogens with one attached hydrogen (secondary N) is 1. The number of rotatable bonds is 3. The minimum absolute atomic E-state index is 0.299. The van der Waals surface area contributed by atoms with E-state index in [1.807, 2.05) is 0 Å². The van der Waals surface area contributed by atoms with E-state index in [1.165, 1.54) is 12.8 Å². The van der Waals surface area contributed by atoms with Crippen LogP contribution in [-0.2, 0) is 4.84 Å². The quantitative estimate of drug-likeness (QED) is 0.701. The van der Waals surface area contributed by atoms with E-state index in [9.17, 15) is 0 Å². The summed E-state index contributed by atoms with van der Waals surface area (Å²) < 4.78 is 0. The van der Waals surface area contributed by atoms with Crippen LogP contribution in [0.3, 0.4) is 0 Å². The average Bonchev–Trinajstić information content (AvgIpc) is 2.14. The van der Waals surface area contributed by atoms with Crippen molar-refractivity contribution in [3.05, 3.63) is 0 Å². The summed E-state index contributed by atoms with van der Waals surface area (Å²) in [6.45, 7) is 9.95.